The highest BCUT2D eigenvalue weighted by Crippen LogP contribution is 2.15. The van der Waals surface area contributed by atoms with E-state index in [9.17, 15) is 9.59 Å². The second-order valence-corrected chi connectivity index (χ2v) is 6.52. The number of hydrogen-bond acceptors (Lipinski definition) is 6. The molecule has 0 aliphatic heterocycles. The molecule has 2 aromatic rings. The first-order valence-corrected chi connectivity index (χ1v) is 9.13. The van der Waals surface area contributed by atoms with Gasteiger partial charge in [-0.05, 0) is 18.1 Å². The van der Waals surface area contributed by atoms with Crippen molar-refractivity contribution in [3.05, 3.63) is 41.5 Å². The maximum atomic E-state index is 12.1. The Kier molecular flexibility index (Phi) is 7.00. The lowest BCUT2D eigenvalue weighted by atomic mass is 10.1. The number of nitrogens with zero attached hydrogens (tertiary/aromatic N) is 3. The van der Waals surface area contributed by atoms with Crippen molar-refractivity contribution in [2.24, 2.45) is 0 Å². The number of carbonyl (C=O) groups is 2. The minimum absolute atomic E-state index is 0.0127. The summed E-state index contributed by atoms with van der Waals surface area (Å²) in [6.45, 7) is 3.76. The third-order valence-corrected chi connectivity index (χ3v) is 4.42. The molecule has 0 saturated carbocycles. The molecule has 0 unspecified atom stereocenters. The van der Waals surface area contributed by atoms with Gasteiger partial charge < -0.3 is 14.7 Å². The topological polar surface area (TPSA) is 88.3 Å². The second kappa shape index (κ2) is 9.22. The lowest BCUT2D eigenvalue weighted by molar-refractivity contribution is -0.131. The summed E-state index contributed by atoms with van der Waals surface area (Å²) >= 11 is 1.39. The first-order valence-electron chi connectivity index (χ1n) is 7.98. The number of amides is 2. The van der Waals surface area contributed by atoms with Crippen molar-refractivity contribution in [3.63, 3.8) is 0 Å². The summed E-state index contributed by atoms with van der Waals surface area (Å²) in [4.78, 5) is 29.8. The minimum atomic E-state index is -0.212. The maximum Gasteiger partial charge on any atom is 0.243 e. The predicted molar refractivity (Wildman–Crippen MR) is 97.3 cm³/mol. The van der Waals surface area contributed by atoms with Crippen LogP contribution in [-0.2, 0) is 21.8 Å². The van der Waals surface area contributed by atoms with E-state index >= 15 is 0 Å². The zero-order valence-electron chi connectivity index (χ0n) is 14.6. The van der Waals surface area contributed by atoms with Crippen LogP contribution in [0.4, 0.5) is 5.69 Å². The molecule has 1 aromatic carbocycles. The Morgan fingerprint density at radius 1 is 1.32 bits per heavy atom. The van der Waals surface area contributed by atoms with Gasteiger partial charge in [0.1, 0.15) is 0 Å². The number of thioether (sulfide) groups is 1. The van der Waals surface area contributed by atoms with Crippen LogP contribution in [-0.4, -0.2) is 46.2 Å². The van der Waals surface area contributed by atoms with Crippen LogP contribution in [0, 0.1) is 6.92 Å². The molecule has 134 valence electrons. The fourth-order valence-corrected chi connectivity index (χ4v) is 2.98. The fraction of sp³-hybridized carbons (Fsp3) is 0.412. The van der Waals surface area contributed by atoms with Gasteiger partial charge in [-0.1, -0.05) is 30.3 Å². The van der Waals surface area contributed by atoms with Gasteiger partial charge in [0.15, 0.2) is 5.82 Å². The average Bonchev–Trinajstić information content (AvgIpc) is 3.00. The van der Waals surface area contributed by atoms with Gasteiger partial charge in [-0.15, -0.1) is 11.8 Å². The minimum Gasteiger partial charge on any atom is -0.340 e. The molecule has 1 N–H and O–H groups in total. The number of benzene rings is 1. The number of anilines is 1. The molecule has 1 heterocycles. The summed E-state index contributed by atoms with van der Waals surface area (Å²) in [7, 11) is 1.62. The van der Waals surface area contributed by atoms with E-state index in [0.29, 0.717) is 17.5 Å². The molecule has 0 fully saturated rings. The van der Waals surface area contributed by atoms with E-state index in [2.05, 4.69) is 15.5 Å². The van der Waals surface area contributed by atoms with Crippen molar-refractivity contribution in [1.82, 2.24) is 15.0 Å². The van der Waals surface area contributed by atoms with Crippen LogP contribution in [0.5, 0.6) is 0 Å². The molecule has 0 saturated heterocycles. The Morgan fingerprint density at radius 2 is 2.08 bits per heavy atom. The summed E-state index contributed by atoms with van der Waals surface area (Å²) in [6, 6.07) is 7.65. The highest BCUT2D eigenvalue weighted by Gasteiger charge is 2.14. The number of rotatable bonds is 8. The molecule has 8 heteroatoms. The van der Waals surface area contributed by atoms with Crippen molar-refractivity contribution in [3.8, 4) is 0 Å². The Hall–Kier alpha value is -2.35. The zero-order valence-corrected chi connectivity index (χ0v) is 15.4. The second-order valence-electron chi connectivity index (χ2n) is 5.53. The number of carbonyl (C=O) groups excluding carboxylic acids is 2. The highest BCUT2D eigenvalue weighted by atomic mass is 32.2. The first-order chi connectivity index (χ1) is 12.0. The van der Waals surface area contributed by atoms with Crippen molar-refractivity contribution >= 4 is 29.3 Å². The summed E-state index contributed by atoms with van der Waals surface area (Å²) < 4.78 is 4.87. The van der Waals surface area contributed by atoms with Crippen LogP contribution < -0.4 is 5.32 Å². The monoisotopic (exact) mass is 362 g/mol. The molecule has 0 aliphatic rings. The molecule has 2 amide bonds. The lowest BCUT2D eigenvalue weighted by Crippen LogP contribution is -2.36. The largest absolute Gasteiger partial charge is 0.340 e. The molecule has 0 atom stereocenters. The summed E-state index contributed by atoms with van der Waals surface area (Å²) in [5, 5.41) is 6.63. The van der Waals surface area contributed by atoms with E-state index in [1.807, 2.05) is 31.2 Å². The van der Waals surface area contributed by atoms with E-state index in [4.69, 9.17) is 4.52 Å². The van der Waals surface area contributed by atoms with Gasteiger partial charge in [-0.25, -0.2) is 0 Å². The normalized spacial score (nSPS) is 10.5. The molecule has 1 aromatic heterocycles. The Balaban J connectivity index is 1.76. The molecule has 2 rings (SSSR count). The van der Waals surface area contributed by atoms with Crippen LogP contribution >= 0.6 is 11.8 Å². The van der Waals surface area contributed by atoms with Crippen LogP contribution in [0.1, 0.15) is 24.2 Å². The van der Waals surface area contributed by atoms with E-state index in [1.165, 1.54) is 16.7 Å². The van der Waals surface area contributed by atoms with Crippen LogP contribution in [0.3, 0.4) is 0 Å². The van der Waals surface area contributed by atoms with E-state index in [-0.39, 0.29) is 24.1 Å². The van der Waals surface area contributed by atoms with Gasteiger partial charge in [0.05, 0.1) is 18.1 Å². The highest BCUT2D eigenvalue weighted by molar-refractivity contribution is 7.99. The number of aromatic nitrogens is 2. The summed E-state index contributed by atoms with van der Waals surface area (Å²) in [5.74, 6) is 1.48. The number of hydrogen-bond donors (Lipinski definition) is 1. The van der Waals surface area contributed by atoms with Gasteiger partial charge in [-0.3, -0.25) is 9.59 Å². The molecule has 7 nitrogen and oxygen atoms in total. The Labute approximate surface area is 151 Å². The van der Waals surface area contributed by atoms with Crippen LogP contribution in [0.2, 0.25) is 0 Å². The summed E-state index contributed by atoms with van der Waals surface area (Å²) in [6.07, 6.45) is 0.831. The number of likely N-dealkylation sites (N-methyl/N-ethyl adjacent to an activating group) is 1. The molecular formula is C17H22N4O3S. The van der Waals surface area contributed by atoms with Crippen molar-refractivity contribution < 1.29 is 14.1 Å². The van der Waals surface area contributed by atoms with Crippen molar-refractivity contribution in [1.29, 1.82) is 0 Å². The number of para-hydroxylation sites is 1. The van der Waals surface area contributed by atoms with Crippen molar-refractivity contribution in [2.75, 3.05) is 24.7 Å². The quantitative estimate of drug-likeness (QED) is 0.775. The smallest absolute Gasteiger partial charge is 0.243 e. The van der Waals surface area contributed by atoms with Gasteiger partial charge in [0.2, 0.25) is 17.7 Å². The number of aryl methyl sites for hydroxylation is 2. The van der Waals surface area contributed by atoms with Gasteiger partial charge in [0.25, 0.3) is 0 Å². The van der Waals surface area contributed by atoms with E-state index in [0.717, 1.165) is 17.7 Å². The first kappa shape index (κ1) is 19.0. The van der Waals surface area contributed by atoms with Crippen LogP contribution in [0.25, 0.3) is 0 Å². The standard InChI is InChI=1S/C17H22N4O3S/c1-4-13-7-5-6-8-14(13)19-16(22)9-21(3)17(23)11-25-10-15-18-12(2)24-20-15/h5-8H,4,9-11H2,1-3H3,(H,19,22). The molecule has 0 spiro atoms. The SMILES string of the molecule is CCc1ccccc1NC(=O)CN(C)C(=O)CSCc1noc(C)n1. The van der Waals surface area contributed by atoms with Crippen LogP contribution in [0.15, 0.2) is 28.8 Å². The molecular weight excluding hydrogens is 340 g/mol. The molecule has 0 radical (unpaired) electrons. The fourth-order valence-electron chi connectivity index (χ4n) is 2.18. The Bertz CT molecular complexity index is 732. The number of nitrogens with one attached hydrogen (secondary N) is 1. The lowest BCUT2D eigenvalue weighted by Gasteiger charge is -2.17. The molecule has 25 heavy (non-hydrogen) atoms. The summed E-state index contributed by atoms with van der Waals surface area (Å²) in [5.41, 5.74) is 1.86. The van der Waals surface area contributed by atoms with Gasteiger partial charge in [0, 0.05) is 19.7 Å². The maximum absolute atomic E-state index is 12.1. The van der Waals surface area contributed by atoms with Gasteiger partial charge >= 0.3 is 0 Å². The third-order valence-electron chi connectivity index (χ3n) is 3.51. The molecule has 0 aliphatic carbocycles. The van der Waals surface area contributed by atoms with E-state index in [1.54, 1.807) is 14.0 Å². The Morgan fingerprint density at radius 3 is 2.76 bits per heavy atom. The van der Waals surface area contributed by atoms with E-state index < -0.39 is 0 Å². The van der Waals surface area contributed by atoms with Crippen molar-refractivity contribution in [2.45, 2.75) is 26.0 Å². The van der Waals surface area contributed by atoms with Gasteiger partial charge in [-0.2, -0.15) is 4.98 Å². The zero-order chi connectivity index (χ0) is 18.2. The predicted octanol–water partition coefficient (Wildman–Crippen LogP) is 2.27. The average molecular weight is 362 g/mol. The molecule has 0 bridgehead atoms. The third kappa shape index (κ3) is 5.90.